The molecule has 6 nitrogen and oxygen atoms in total. The van der Waals surface area contributed by atoms with Gasteiger partial charge in [-0.25, -0.2) is 0 Å². The molecule has 33 heavy (non-hydrogen) atoms. The van der Waals surface area contributed by atoms with Crippen LogP contribution in [0.2, 0.25) is 0 Å². The Labute approximate surface area is 191 Å². The van der Waals surface area contributed by atoms with E-state index in [0.29, 0.717) is 19.5 Å². The fraction of sp³-hybridized carbons (Fsp3) is 0.458. The van der Waals surface area contributed by atoms with Gasteiger partial charge in [-0.15, -0.1) is 13.2 Å². The van der Waals surface area contributed by atoms with Crippen LogP contribution >= 0.6 is 0 Å². The minimum Gasteiger partial charge on any atom is -0.406 e. The van der Waals surface area contributed by atoms with E-state index in [1.807, 2.05) is 23.1 Å². The van der Waals surface area contributed by atoms with Crippen LogP contribution in [0.3, 0.4) is 0 Å². The Morgan fingerprint density at radius 2 is 1.73 bits per heavy atom. The van der Waals surface area contributed by atoms with Crippen molar-refractivity contribution in [3.05, 3.63) is 65.7 Å². The van der Waals surface area contributed by atoms with Gasteiger partial charge in [-0.3, -0.25) is 9.69 Å². The lowest BCUT2D eigenvalue weighted by atomic mass is 10.1. The van der Waals surface area contributed by atoms with Crippen molar-refractivity contribution in [2.24, 2.45) is 0 Å². The Bertz CT molecular complexity index is 902. The molecule has 178 valence electrons. The van der Waals surface area contributed by atoms with Gasteiger partial charge in [0.25, 0.3) is 0 Å². The van der Waals surface area contributed by atoms with Gasteiger partial charge in [0, 0.05) is 51.9 Å². The fourth-order valence-electron chi connectivity index (χ4n) is 4.47. The molecule has 2 fully saturated rings. The number of nitrogens with one attached hydrogen (secondary N) is 2. The molecule has 0 saturated carbocycles. The number of likely N-dealkylation sites (tertiary alicyclic amines) is 1. The summed E-state index contributed by atoms with van der Waals surface area (Å²) in [5.41, 5.74) is 2.02. The van der Waals surface area contributed by atoms with E-state index in [1.54, 1.807) is 12.1 Å². The molecule has 0 spiro atoms. The molecule has 2 aliphatic heterocycles. The van der Waals surface area contributed by atoms with Crippen LogP contribution in [-0.2, 0) is 17.9 Å². The number of hydrogen-bond donors (Lipinski definition) is 2. The molecule has 2 aromatic carbocycles. The number of halogens is 3. The van der Waals surface area contributed by atoms with E-state index in [9.17, 15) is 18.0 Å². The molecule has 9 heteroatoms. The SMILES string of the molecule is O=C([C@@H]1C[C@H](NCc2ccc(OC(F)(F)F)cc2)CN1Cc1ccccc1)N1CCNCC1. The van der Waals surface area contributed by atoms with Gasteiger partial charge in [0.2, 0.25) is 5.91 Å². The van der Waals surface area contributed by atoms with Gasteiger partial charge in [0.1, 0.15) is 5.75 Å². The van der Waals surface area contributed by atoms with E-state index in [0.717, 1.165) is 43.9 Å². The molecule has 1 amide bonds. The first-order chi connectivity index (χ1) is 15.9. The van der Waals surface area contributed by atoms with Gasteiger partial charge in [-0.05, 0) is 29.7 Å². The van der Waals surface area contributed by atoms with E-state index in [-0.39, 0.29) is 23.7 Å². The average Bonchev–Trinajstić information content (AvgIpc) is 3.21. The predicted molar refractivity (Wildman–Crippen MR) is 118 cm³/mol. The van der Waals surface area contributed by atoms with E-state index in [1.165, 1.54) is 12.1 Å². The van der Waals surface area contributed by atoms with Gasteiger partial charge in [0.05, 0.1) is 6.04 Å². The topological polar surface area (TPSA) is 56.8 Å². The first-order valence-electron chi connectivity index (χ1n) is 11.2. The third kappa shape index (κ3) is 6.69. The van der Waals surface area contributed by atoms with E-state index in [4.69, 9.17) is 0 Å². The quantitative estimate of drug-likeness (QED) is 0.663. The van der Waals surface area contributed by atoms with Gasteiger partial charge in [-0.1, -0.05) is 42.5 Å². The van der Waals surface area contributed by atoms with Gasteiger partial charge in [-0.2, -0.15) is 0 Å². The Balaban J connectivity index is 1.38. The first-order valence-corrected chi connectivity index (χ1v) is 11.2. The second-order valence-electron chi connectivity index (χ2n) is 8.51. The number of nitrogens with zero attached hydrogens (tertiary/aromatic N) is 2. The van der Waals surface area contributed by atoms with E-state index >= 15 is 0 Å². The molecule has 2 saturated heterocycles. The molecule has 0 unspecified atom stereocenters. The summed E-state index contributed by atoms with van der Waals surface area (Å²) in [6.45, 7) is 5.00. The molecule has 2 atom stereocenters. The maximum Gasteiger partial charge on any atom is 0.573 e. The zero-order valence-electron chi connectivity index (χ0n) is 18.4. The van der Waals surface area contributed by atoms with Crippen molar-refractivity contribution >= 4 is 5.91 Å². The smallest absolute Gasteiger partial charge is 0.406 e. The minimum atomic E-state index is -4.70. The van der Waals surface area contributed by atoms with Gasteiger partial charge >= 0.3 is 6.36 Å². The van der Waals surface area contributed by atoms with Crippen LogP contribution in [0.1, 0.15) is 17.5 Å². The maximum atomic E-state index is 13.3. The molecular formula is C24H29F3N4O2. The number of carbonyl (C=O) groups excluding carboxylic acids is 1. The van der Waals surface area contributed by atoms with Crippen molar-refractivity contribution in [3.8, 4) is 5.75 Å². The van der Waals surface area contributed by atoms with Gasteiger partial charge < -0.3 is 20.3 Å². The molecule has 2 aromatic rings. The monoisotopic (exact) mass is 462 g/mol. The van der Waals surface area contributed by atoms with Crippen molar-refractivity contribution in [1.29, 1.82) is 0 Å². The largest absolute Gasteiger partial charge is 0.573 e. The van der Waals surface area contributed by atoms with Crippen molar-refractivity contribution in [2.75, 3.05) is 32.7 Å². The second-order valence-corrected chi connectivity index (χ2v) is 8.51. The van der Waals surface area contributed by atoms with Crippen LogP contribution in [0.15, 0.2) is 54.6 Å². The van der Waals surface area contributed by atoms with Crippen LogP contribution in [0.5, 0.6) is 5.75 Å². The summed E-state index contributed by atoms with van der Waals surface area (Å²) >= 11 is 0. The third-order valence-electron chi connectivity index (χ3n) is 6.10. The predicted octanol–water partition coefficient (Wildman–Crippen LogP) is 2.75. The van der Waals surface area contributed by atoms with Crippen molar-refractivity contribution in [1.82, 2.24) is 20.4 Å². The lowest BCUT2D eigenvalue weighted by Gasteiger charge is -2.32. The fourth-order valence-corrected chi connectivity index (χ4v) is 4.47. The first kappa shape index (κ1) is 23.5. The summed E-state index contributed by atoms with van der Waals surface area (Å²) in [6.07, 6.45) is -4.00. The highest BCUT2D eigenvalue weighted by molar-refractivity contribution is 5.82. The van der Waals surface area contributed by atoms with Gasteiger partial charge in [0.15, 0.2) is 0 Å². The number of ether oxygens (including phenoxy) is 1. The summed E-state index contributed by atoms with van der Waals surface area (Å²) in [7, 11) is 0. The molecule has 0 aliphatic carbocycles. The summed E-state index contributed by atoms with van der Waals surface area (Å²) in [5, 5.41) is 6.77. The zero-order chi connectivity index (χ0) is 23.3. The summed E-state index contributed by atoms with van der Waals surface area (Å²) < 4.78 is 41.0. The number of piperazine rings is 1. The average molecular weight is 463 g/mol. The lowest BCUT2D eigenvalue weighted by Crippen LogP contribution is -2.52. The third-order valence-corrected chi connectivity index (χ3v) is 6.10. The number of benzene rings is 2. The Kier molecular flexibility index (Phi) is 7.52. The zero-order valence-corrected chi connectivity index (χ0v) is 18.4. The summed E-state index contributed by atoms with van der Waals surface area (Å²) in [6, 6.07) is 15.9. The number of carbonyl (C=O) groups is 1. The molecule has 0 radical (unpaired) electrons. The van der Waals surface area contributed by atoms with Crippen LogP contribution in [-0.4, -0.2) is 66.9 Å². The van der Waals surface area contributed by atoms with E-state index in [2.05, 4.69) is 32.4 Å². The number of amides is 1. The standard InChI is InChI=1S/C24H29F3N4O2/c25-24(26,27)33-21-8-6-18(7-9-21)15-29-20-14-22(23(32)30-12-10-28-11-13-30)31(17-20)16-19-4-2-1-3-5-19/h1-9,20,22,28-29H,10-17H2/t20-,22-/m0/s1. The summed E-state index contributed by atoms with van der Waals surface area (Å²) in [5.74, 6) is -0.0618. The van der Waals surface area contributed by atoms with Crippen molar-refractivity contribution in [2.45, 2.75) is 38.0 Å². The molecule has 2 aliphatic rings. The number of hydrogen-bond acceptors (Lipinski definition) is 5. The van der Waals surface area contributed by atoms with Crippen LogP contribution in [0.25, 0.3) is 0 Å². The molecule has 4 rings (SSSR count). The van der Waals surface area contributed by atoms with Crippen molar-refractivity contribution < 1.29 is 22.7 Å². The molecule has 0 bridgehead atoms. The number of rotatable bonds is 7. The molecule has 0 aromatic heterocycles. The number of alkyl halides is 3. The highest BCUT2D eigenvalue weighted by atomic mass is 19.4. The molecule has 2 heterocycles. The Hall–Kier alpha value is -2.62. The Morgan fingerprint density at radius 3 is 2.39 bits per heavy atom. The lowest BCUT2D eigenvalue weighted by molar-refractivity contribution is -0.274. The highest BCUT2D eigenvalue weighted by Gasteiger charge is 2.38. The van der Waals surface area contributed by atoms with E-state index < -0.39 is 6.36 Å². The van der Waals surface area contributed by atoms with Crippen LogP contribution in [0.4, 0.5) is 13.2 Å². The van der Waals surface area contributed by atoms with Crippen LogP contribution in [0, 0.1) is 0 Å². The highest BCUT2D eigenvalue weighted by Crippen LogP contribution is 2.25. The maximum absolute atomic E-state index is 13.3. The molecule has 2 N–H and O–H groups in total. The Morgan fingerprint density at radius 1 is 1.03 bits per heavy atom. The van der Waals surface area contributed by atoms with Crippen LogP contribution < -0.4 is 15.4 Å². The molecular weight excluding hydrogens is 433 g/mol. The minimum absolute atomic E-state index is 0.108. The normalized spacial score (nSPS) is 21.8. The second kappa shape index (κ2) is 10.5. The summed E-state index contributed by atoms with van der Waals surface area (Å²) in [4.78, 5) is 17.5. The van der Waals surface area contributed by atoms with Crippen molar-refractivity contribution in [3.63, 3.8) is 0 Å².